The standard InChI is InChI=1S/C27H35N5O4S/c1-28-24(33)9-10-32(16-15-31-13-11-29(2)12-14-31)27(35)23-17-21-22(36-4)7-6-20(26(21)37-23)19-5-8-25(34)30(3)18-19/h5-8,17-18H,9-16H2,1-4H3,(H,28,33). The number of fused-ring (bicyclic) bond motifs is 1. The van der Waals surface area contributed by atoms with E-state index in [0.29, 0.717) is 23.7 Å². The number of nitrogens with one attached hydrogen (secondary N) is 1. The zero-order valence-electron chi connectivity index (χ0n) is 22.0. The fourth-order valence-corrected chi connectivity index (χ4v) is 5.71. The van der Waals surface area contributed by atoms with Crippen LogP contribution in [-0.2, 0) is 11.8 Å². The van der Waals surface area contributed by atoms with E-state index in [4.69, 9.17) is 4.74 Å². The number of carbonyl (C=O) groups is 2. The van der Waals surface area contributed by atoms with Gasteiger partial charge in [-0.3, -0.25) is 19.3 Å². The molecule has 0 bridgehead atoms. The fourth-order valence-electron chi connectivity index (χ4n) is 4.53. The molecule has 198 valence electrons. The van der Waals surface area contributed by atoms with Crippen LogP contribution in [-0.4, -0.2) is 98.1 Å². The Hall–Kier alpha value is -3.21. The molecule has 2 amide bonds. The van der Waals surface area contributed by atoms with E-state index in [-0.39, 0.29) is 23.8 Å². The predicted molar refractivity (Wildman–Crippen MR) is 148 cm³/mol. The van der Waals surface area contributed by atoms with Gasteiger partial charge < -0.3 is 24.4 Å². The zero-order chi connectivity index (χ0) is 26.5. The molecule has 1 fully saturated rings. The molecule has 0 atom stereocenters. The molecule has 1 aliphatic rings. The number of rotatable bonds is 9. The van der Waals surface area contributed by atoms with Gasteiger partial charge in [0.05, 0.1) is 12.0 Å². The molecule has 1 saturated heterocycles. The minimum Gasteiger partial charge on any atom is -0.496 e. The molecule has 0 radical (unpaired) electrons. The van der Waals surface area contributed by atoms with Crippen molar-refractivity contribution in [1.29, 1.82) is 0 Å². The van der Waals surface area contributed by atoms with Crippen molar-refractivity contribution in [2.75, 3.05) is 67.0 Å². The lowest BCUT2D eigenvalue weighted by molar-refractivity contribution is -0.120. The summed E-state index contributed by atoms with van der Waals surface area (Å²) in [5.74, 6) is 0.508. The number of amides is 2. The summed E-state index contributed by atoms with van der Waals surface area (Å²) in [5, 5.41) is 3.50. The summed E-state index contributed by atoms with van der Waals surface area (Å²) in [4.78, 5) is 44.7. The van der Waals surface area contributed by atoms with E-state index in [9.17, 15) is 14.4 Å². The Kier molecular flexibility index (Phi) is 8.63. The summed E-state index contributed by atoms with van der Waals surface area (Å²) in [5.41, 5.74) is 1.74. The highest BCUT2D eigenvalue weighted by Gasteiger charge is 2.23. The molecule has 37 heavy (non-hydrogen) atoms. The normalized spacial score (nSPS) is 14.6. The van der Waals surface area contributed by atoms with E-state index in [1.54, 1.807) is 49.0 Å². The van der Waals surface area contributed by atoms with Gasteiger partial charge in [-0.1, -0.05) is 0 Å². The number of pyridine rings is 1. The predicted octanol–water partition coefficient (Wildman–Crippen LogP) is 2.10. The molecule has 1 N–H and O–H groups in total. The number of hydrogen-bond acceptors (Lipinski definition) is 7. The lowest BCUT2D eigenvalue weighted by Gasteiger charge is -2.34. The molecule has 10 heteroatoms. The number of thiophene rings is 1. The summed E-state index contributed by atoms with van der Waals surface area (Å²) in [6.07, 6.45) is 2.05. The average molecular weight is 526 g/mol. The quantitative estimate of drug-likeness (QED) is 0.461. The lowest BCUT2D eigenvalue weighted by Crippen LogP contribution is -2.48. The van der Waals surface area contributed by atoms with Gasteiger partial charge in [0, 0.05) is 94.2 Å². The van der Waals surface area contributed by atoms with E-state index in [1.807, 2.05) is 18.2 Å². The van der Waals surface area contributed by atoms with E-state index in [1.165, 1.54) is 11.3 Å². The van der Waals surface area contributed by atoms with Crippen molar-refractivity contribution in [3.8, 4) is 16.9 Å². The van der Waals surface area contributed by atoms with Crippen LogP contribution >= 0.6 is 11.3 Å². The molecule has 1 aliphatic heterocycles. The van der Waals surface area contributed by atoms with Crippen molar-refractivity contribution in [2.24, 2.45) is 7.05 Å². The van der Waals surface area contributed by atoms with Gasteiger partial charge in [0.1, 0.15) is 5.75 Å². The van der Waals surface area contributed by atoms with Gasteiger partial charge in [0.15, 0.2) is 0 Å². The lowest BCUT2D eigenvalue weighted by atomic mass is 10.1. The van der Waals surface area contributed by atoms with Crippen LogP contribution in [0.25, 0.3) is 21.2 Å². The van der Waals surface area contributed by atoms with Crippen molar-refractivity contribution in [2.45, 2.75) is 6.42 Å². The molecule has 3 aromatic rings. The summed E-state index contributed by atoms with van der Waals surface area (Å²) < 4.78 is 8.08. The van der Waals surface area contributed by atoms with Crippen LogP contribution in [0.4, 0.5) is 0 Å². The van der Waals surface area contributed by atoms with Gasteiger partial charge in [-0.25, -0.2) is 0 Å². The van der Waals surface area contributed by atoms with Gasteiger partial charge in [-0.15, -0.1) is 11.3 Å². The molecule has 0 saturated carbocycles. The number of aryl methyl sites for hydroxylation is 1. The first-order valence-electron chi connectivity index (χ1n) is 12.5. The number of likely N-dealkylation sites (N-methyl/N-ethyl adjacent to an activating group) is 1. The number of aromatic nitrogens is 1. The Morgan fingerprint density at radius 2 is 1.84 bits per heavy atom. The molecule has 2 aromatic heterocycles. The Morgan fingerprint density at radius 3 is 2.51 bits per heavy atom. The van der Waals surface area contributed by atoms with Crippen LogP contribution in [0.2, 0.25) is 0 Å². The van der Waals surface area contributed by atoms with Gasteiger partial charge in [-0.2, -0.15) is 0 Å². The minimum absolute atomic E-state index is 0.0809. The number of nitrogens with zero attached hydrogens (tertiary/aromatic N) is 4. The van der Waals surface area contributed by atoms with Crippen LogP contribution < -0.4 is 15.6 Å². The molecule has 0 spiro atoms. The van der Waals surface area contributed by atoms with Gasteiger partial charge >= 0.3 is 0 Å². The molecule has 1 aromatic carbocycles. The molecule has 9 nitrogen and oxygen atoms in total. The van der Waals surface area contributed by atoms with Crippen LogP contribution in [0.15, 0.2) is 41.3 Å². The second-order valence-electron chi connectivity index (χ2n) is 9.40. The van der Waals surface area contributed by atoms with Crippen LogP contribution in [0.5, 0.6) is 5.75 Å². The van der Waals surface area contributed by atoms with Gasteiger partial charge in [0.2, 0.25) is 11.5 Å². The van der Waals surface area contributed by atoms with E-state index < -0.39 is 0 Å². The minimum atomic E-state index is -0.0904. The number of ether oxygens (including phenoxy) is 1. The largest absolute Gasteiger partial charge is 0.496 e. The monoisotopic (exact) mass is 525 g/mol. The average Bonchev–Trinajstić information content (AvgIpc) is 3.36. The highest BCUT2D eigenvalue weighted by atomic mass is 32.1. The third-order valence-electron chi connectivity index (χ3n) is 6.93. The first kappa shape index (κ1) is 26.8. The van der Waals surface area contributed by atoms with E-state index >= 15 is 0 Å². The van der Waals surface area contributed by atoms with Crippen molar-refractivity contribution < 1.29 is 14.3 Å². The number of methoxy groups -OCH3 is 1. The first-order valence-corrected chi connectivity index (χ1v) is 13.3. The maximum atomic E-state index is 13.8. The zero-order valence-corrected chi connectivity index (χ0v) is 22.8. The van der Waals surface area contributed by atoms with Crippen LogP contribution in [0.1, 0.15) is 16.1 Å². The van der Waals surface area contributed by atoms with E-state index in [0.717, 1.165) is 53.9 Å². The van der Waals surface area contributed by atoms with Gasteiger partial charge in [0.25, 0.3) is 5.91 Å². The Bertz CT molecular complexity index is 1330. The molecule has 0 unspecified atom stereocenters. The number of piperazine rings is 1. The summed E-state index contributed by atoms with van der Waals surface area (Å²) in [6.45, 7) is 5.63. The SMILES string of the molecule is CNC(=O)CCN(CCN1CCN(C)CC1)C(=O)c1cc2c(OC)ccc(-c3ccc(=O)n(C)c3)c2s1. The number of benzene rings is 1. The maximum Gasteiger partial charge on any atom is 0.264 e. The Morgan fingerprint density at radius 1 is 1.08 bits per heavy atom. The molecular weight excluding hydrogens is 490 g/mol. The Labute approximate surface area is 221 Å². The van der Waals surface area contributed by atoms with Crippen molar-refractivity contribution in [3.63, 3.8) is 0 Å². The van der Waals surface area contributed by atoms with E-state index in [2.05, 4.69) is 22.2 Å². The smallest absolute Gasteiger partial charge is 0.264 e. The second kappa shape index (κ2) is 11.9. The van der Waals surface area contributed by atoms with Crippen LogP contribution in [0.3, 0.4) is 0 Å². The third-order valence-corrected chi connectivity index (χ3v) is 8.08. The molecule has 0 aliphatic carbocycles. The van der Waals surface area contributed by atoms with Crippen molar-refractivity contribution in [1.82, 2.24) is 24.6 Å². The van der Waals surface area contributed by atoms with Gasteiger partial charge in [-0.05, 0) is 36.9 Å². The maximum absolute atomic E-state index is 13.8. The third kappa shape index (κ3) is 6.20. The topological polar surface area (TPSA) is 87.1 Å². The van der Waals surface area contributed by atoms with Crippen molar-refractivity contribution >= 4 is 33.2 Å². The molecule has 3 heterocycles. The second-order valence-corrected chi connectivity index (χ2v) is 10.4. The number of carbonyl (C=O) groups excluding carboxylic acids is 2. The van der Waals surface area contributed by atoms with Crippen LogP contribution in [0, 0.1) is 0 Å². The number of hydrogen-bond donors (Lipinski definition) is 1. The fraction of sp³-hybridized carbons (Fsp3) is 0.444. The first-order chi connectivity index (χ1) is 17.8. The molecular formula is C27H35N5O4S. The summed E-state index contributed by atoms with van der Waals surface area (Å²) in [6, 6.07) is 9.08. The van der Waals surface area contributed by atoms with Crippen molar-refractivity contribution in [3.05, 3.63) is 51.8 Å². The summed E-state index contributed by atoms with van der Waals surface area (Å²) >= 11 is 1.42. The Balaban J connectivity index is 1.64. The molecule has 4 rings (SSSR count). The summed E-state index contributed by atoms with van der Waals surface area (Å²) in [7, 11) is 7.07. The highest BCUT2D eigenvalue weighted by molar-refractivity contribution is 7.21. The highest BCUT2D eigenvalue weighted by Crippen LogP contribution is 2.40.